The van der Waals surface area contributed by atoms with Crippen LogP contribution in [0.3, 0.4) is 0 Å². The van der Waals surface area contributed by atoms with Gasteiger partial charge < -0.3 is 25.2 Å². The quantitative estimate of drug-likeness (QED) is 0.570. The number of fused-ring (bicyclic) bond motifs is 1. The minimum atomic E-state index is -1.36. The van der Waals surface area contributed by atoms with Crippen molar-refractivity contribution in [2.75, 3.05) is 6.61 Å². The Labute approximate surface area is 184 Å². The third kappa shape index (κ3) is 4.30. The van der Waals surface area contributed by atoms with Crippen molar-refractivity contribution in [3.05, 3.63) is 69.3 Å². The number of aliphatic hydroxyl groups excluding tert-OH is 4. The number of benzene rings is 2. The van der Waals surface area contributed by atoms with Crippen molar-refractivity contribution in [1.82, 2.24) is 0 Å². The Hall–Kier alpha value is -1.76. The fraction of sp³-hybridized carbons (Fsp3) is 0.538. The lowest BCUT2D eigenvalue weighted by Gasteiger charge is -2.41. The molecule has 0 saturated carbocycles. The zero-order valence-corrected chi connectivity index (χ0v) is 18.4. The topological polar surface area (TPSA) is 90.2 Å². The van der Waals surface area contributed by atoms with Gasteiger partial charge in [0, 0.05) is 0 Å². The van der Waals surface area contributed by atoms with Crippen molar-refractivity contribution in [1.29, 1.82) is 0 Å². The van der Waals surface area contributed by atoms with Gasteiger partial charge in [0.25, 0.3) is 0 Å². The SMILES string of the molecule is CCCc1c([C@@H]2O[C@H](CO)[C@@H](O)[C@H](O)[C@H]2O)cc(Cc2ccc(C)cc2)c2c1CCC2. The van der Waals surface area contributed by atoms with Crippen LogP contribution in [-0.2, 0) is 30.4 Å². The number of hydrogen-bond acceptors (Lipinski definition) is 5. The Kier molecular flexibility index (Phi) is 6.80. The van der Waals surface area contributed by atoms with Crippen LogP contribution in [0, 0.1) is 6.92 Å². The standard InChI is InChI=1S/C26H34O5/c1-3-5-19-20-7-4-6-18(20)17(12-16-10-8-15(2)9-11-16)13-21(19)26-25(30)24(29)23(28)22(14-27)31-26/h8-11,13,22-30H,3-7,12,14H2,1-2H3/t22-,23-,24+,25-,26+/m1/s1. The molecule has 4 N–H and O–H groups in total. The summed E-state index contributed by atoms with van der Waals surface area (Å²) >= 11 is 0. The van der Waals surface area contributed by atoms with Gasteiger partial charge in [0.2, 0.25) is 0 Å². The van der Waals surface area contributed by atoms with Gasteiger partial charge in [-0.05, 0) is 72.4 Å². The van der Waals surface area contributed by atoms with Crippen molar-refractivity contribution < 1.29 is 25.2 Å². The molecular weight excluding hydrogens is 392 g/mol. The van der Waals surface area contributed by atoms with Crippen LogP contribution in [0.5, 0.6) is 0 Å². The van der Waals surface area contributed by atoms with Crippen LogP contribution in [0.2, 0.25) is 0 Å². The molecule has 2 aliphatic rings. The van der Waals surface area contributed by atoms with Crippen LogP contribution in [0.25, 0.3) is 0 Å². The van der Waals surface area contributed by atoms with E-state index in [-0.39, 0.29) is 0 Å². The molecule has 4 rings (SSSR count). The summed E-state index contributed by atoms with van der Waals surface area (Å²) in [5.74, 6) is 0. The van der Waals surface area contributed by atoms with Crippen molar-refractivity contribution in [2.45, 2.75) is 82.9 Å². The first-order chi connectivity index (χ1) is 14.9. The summed E-state index contributed by atoms with van der Waals surface area (Å²) < 4.78 is 5.97. The van der Waals surface area contributed by atoms with Gasteiger partial charge >= 0.3 is 0 Å². The zero-order chi connectivity index (χ0) is 22.1. The van der Waals surface area contributed by atoms with E-state index in [1.807, 2.05) is 0 Å². The van der Waals surface area contributed by atoms with Crippen LogP contribution >= 0.6 is 0 Å². The minimum absolute atomic E-state index is 0.411. The molecule has 5 atom stereocenters. The fourth-order valence-corrected chi connectivity index (χ4v) is 5.21. The Morgan fingerprint density at radius 2 is 1.68 bits per heavy atom. The van der Waals surface area contributed by atoms with Crippen LogP contribution < -0.4 is 0 Å². The van der Waals surface area contributed by atoms with Gasteiger partial charge in [-0.2, -0.15) is 0 Å². The maximum absolute atomic E-state index is 10.8. The number of aliphatic hydroxyl groups is 4. The van der Waals surface area contributed by atoms with Gasteiger partial charge in [-0.15, -0.1) is 0 Å². The van der Waals surface area contributed by atoms with Crippen LogP contribution in [0.15, 0.2) is 30.3 Å². The third-order valence-electron chi connectivity index (χ3n) is 6.86. The molecule has 2 aromatic rings. The average Bonchev–Trinajstić information content (AvgIpc) is 3.26. The first-order valence-corrected chi connectivity index (χ1v) is 11.5. The molecule has 31 heavy (non-hydrogen) atoms. The Morgan fingerprint density at radius 1 is 0.968 bits per heavy atom. The lowest BCUT2D eigenvalue weighted by atomic mass is 9.82. The predicted molar refractivity (Wildman–Crippen MR) is 119 cm³/mol. The molecule has 5 nitrogen and oxygen atoms in total. The molecule has 1 saturated heterocycles. The molecule has 0 amide bonds. The zero-order valence-electron chi connectivity index (χ0n) is 18.4. The van der Waals surface area contributed by atoms with Crippen LogP contribution in [0.4, 0.5) is 0 Å². The molecule has 1 aliphatic heterocycles. The van der Waals surface area contributed by atoms with Gasteiger partial charge in [0.05, 0.1) is 6.61 Å². The molecular formula is C26H34O5. The number of rotatable bonds is 6. The second kappa shape index (κ2) is 9.39. The largest absolute Gasteiger partial charge is 0.394 e. The summed E-state index contributed by atoms with van der Waals surface area (Å²) in [5, 5.41) is 41.1. The Morgan fingerprint density at radius 3 is 2.35 bits per heavy atom. The second-order valence-corrected chi connectivity index (χ2v) is 9.08. The summed E-state index contributed by atoms with van der Waals surface area (Å²) in [5.41, 5.74) is 8.57. The number of aryl methyl sites for hydroxylation is 1. The Bertz CT molecular complexity index is 905. The molecule has 168 valence electrons. The first-order valence-electron chi connectivity index (χ1n) is 11.5. The Balaban J connectivity index is 1.79. The van der Waals surface area contributed by atoms with E-state index in [0.29, 0.717) is 0 Å². The van der Waals surface area contributed by atoms with E-state index in [4.69, 9.17) is 4.74 Å². The lowest BCUT2D eigenvalue weighted by Crippen LogP contribution is -2.55. The molecule has 2 aromatic carbocycles. The highest BCUT2D eigenvalue weighted by atomic mass is 16.5. The summed E-state index contributed by atoms with van der Waals surface area (Å²) in [4.78, 5) is 0. The van der Waals surface area contributed by atoms with Crippen molar-refractivity contribution in [3.8, 4) is 0 Å². The molecule has 0 bridgehead atoms. The van der Waals surface area contributed by atoms with Gasteiger partial charge in [0.1, 0.15) is 30.5 Å². The van der Waals surface area contributed by atoms with Crippen LogP contribution in [-0.4, -0.2) is 51.4 Å². The predicted octanol–water partition coefficient (Wildman–Crippen LogP) is 2.54. The summed E-state index contributed by atoms with van der Waals surface area (Å²) in [7, 11) is 0. The van der Waals surface area contributed by atoms with Crippen molar-refractivity contribution in [3.63, 3.8) is 0 Å². The highest BCUT2D eigenvalue weighted by Gasteiger charge is 2.45. The maximum atomic E-state index is 10.8. The smallest absolute Gasteiger partial charge is 0.113 e. The van der Waals surface area contributed by atoms with E-state index in [0.717, 1.165) is 44.1 Å². The van der Waals surface area contributed by atoms with Crippen LogP contribution in [0.1, 0.15) is 64.8 Å². The maximum Gasteiger partial charge on any atom is 0.113 e. The molecule has 0 radical (unpaired) electrons. The van der Waals surface area contributed by atoms with E-state index in [1.54, 1.807) is 0 Å². The highest BCUT2D eigenvalue weighted by molar-refractivity contribution is 5.51. The molecule has 1 aliphatic carbocycles. The number of ether oxygens (including phenoxy) is 1. The summed E-state index contributed by atoms with van der Waals surface area (Å²) in [6, 6.07) is 10.7. The molecule has 1 heterocycles. The molecule has 0 unspecified atom stereocenters. The van der Waals surface area contributed by atoms with Gasteiger partial charge in [-0.1, -0.05) is 49.2 Å². The van der Waals surface area contributed by atoms with E-state index in [9.17, 15) is 20.4 Å². The fourth-order valence-electron chi connectivity index (χ4n) is 5.21. The van der Waals surface area contributed by atoms with E-state index in [1.165, 1.54) is 33.4 Å². The van der Waals surface area contributed by atoms with Gasteiger partial charge in [-0.3, -0.25) is 0 Å². The highest BCUT2D eigenvalue weighted by Crippen LogP contribution is 2.40. The molecule has 1 fully saturated rings. The average molecular weight is 427 g/mol. The van der Waals surface area contributed by atoms with Gasteiger partial charge in [-0.25, -0.2) is 0 Å². The molecule has 0 aromatic heterocycles. The summed E-state index contributed by atoms with van der Waals surface area (Å²) in [6.07, 6.45) is 0.202. The molecule has 5 heteroatoms. The van der Waals surface area contributed by atoms with E-state index >= 15 is 0 Å². The molecule has 0 spiro atoms. The van der Waals surface area contributed by atoms with E-state index < -0.39 is 37.1 Å². The number of hydrogen-bond donors (Lipinski definition) is 4. The third-order valence-corrected chi connectivity index (χ3v) is 6.86. The van der Waals surface area contributed by atoms with Crippen molar-refractivity contribution >= 4 is 0 Å². The minimum Gasteiger partial charge on any atom is -0.394 e. The summed E-state index contributed by atoms with van der Waals surface area (Å²) in [6.45, 7) is 3.81. The van der Waals surface area contributed by atoms with E-state index in [2.05, 4.69) is 44.2 Å². The van der Waals surface area contributed by atoms with Gasteiger partial charge in [0.15, 0.2) is 0 Å². The second-order valence-electron chi connectivity index (χ2n) is 9.08. The lowest BCUT2D eigenvalue weighted by molar-refractivity contribution is -0.231. The first kappa shape index (κ1) is 22.4. The van der Waals surface area contributed by atoms with Crippen molar-refractivity contribution in [2.24, 2.45) is 0 Å². The normalized spacial score (nSPS) is 28.0. The monoisotopic (exact) mass is 426 g/mol.